The summed E-state index contributed by atoms with van der Waals surface area (Å²) in [6, 6.07) is 0. The molecule has 7 heteroatoms. The van der Waals surface area contributed by atoms with Crippen LogP contribution in [-0.4, -0.2) is 88.5 Å². The molecule has 1 N–H and O–H groups in total. The van der Waals surface area contributed by atoms with Crippen LogP contribution in [0.3, 0.4) is 0 Å². The molecule has 0 aromatic rings. The van der Waals surface area contributed by atoms with Gasteiger partial charge in [0.1, 0.15) is 0 Å². The van der Waals surface area contributed by atoms with Crippen LogP contribution in [0.2, 0.25) is 0 Å². The van der Waals surface area contributed by atoms with E-state index in [0.717, 1.165) is 90.3 Å². The second-order valence-corrected chi connectivity index (χ2v) is 7.64. The lowest BCUT2D eigenvalue weighted by Gasteiger charge is -2.37. The minimum atomic E-state index is 0. The zero-order chi connectivity index (χ0) is 17.9. The first-order valence-corrected chi connectivity index (χ1v) is 10.0. The molecular weight excluding hydrogens is 443 g/mol. The second kappa shape index (κ2) is 14.0. The van der Waals surface area contributed by atoms with Crippen molar-refractivity contribution in [1.82, 2.24) is 15.1 Å². The number of hydrogen-bond acceptors (Lipinski definition) is 4. The van der Waals surface area contributed by atoms with Crippen molar-refractivity contribution in [2.75, 3.05) is 72.7 Å². The summed E-state index contributed by atoms with van der Waals surface area (Å²) in [5, 5.41) is 3.49. The van der Waals surface area contributed by atoms with Crippen LogP contribution >= 0.6 is 24.0 Å². The Bertz CT molecular complexity index is 382. The highest BCUT2D eigenvalue weighted by Crippen LogP contribution is 2.14. The molecule has 2 saturated heterocycles. The summed E-state index contributed by atoms with van der Waals surface area (Å²) < 4.78 is 11.2. The lowest BCUT2D eigenvalue weighted by atomic mass is 10.0. The van der Waals surface area contributed by atoms with Crippen molar-refractivity contribution in [2.24, 2.45) is 16.8 Å². The zero-order valence-electron chi connectivity index (χ0n) is 16.9. The molecule has 0 radical (unpaired) electrons. The van der Waals surface area contributed by atoms with Crippen LogP contribution in [0.1, 0.15) is 33.1 Å². The maximum atomic E-state index is 5.83. The van der Waals surface area contributed by atoms with E-state index in [1.807, 2.05) is 7.05 Å². The third-order valence-electron chi connectivity index (χ3n) is 4.95. The van der Waals surface area contributed by atoms with E-state index in [1.54, 1.807) is 0 Å². The third kappa shape index (κ3) is 9.19. The summed E-state index contributed by atoms with van der Waals surface area (Å²) in [7, 11) is 1.88. The summed E-state index contributed by atoms with van der Waals surface area (Å²) in [4.78, 5) is 9.38. The fourth-order valence-electron chi connectivity index (χ4n) is 3.53. The molecule has 0 atom stereocenters. The molecule has 2 fully saturated rings. The van der Waals surface area contributed by atoms with Gasteiger partial charge in [-0.1, -0.05) is 13.8 Å². The average molecular weight is 482 g/mol. The van der Waals surface area contributed by atoms with E-state index < -0.39 is 0 Å². The lowest BCUT2D eigenvalue weighted by molar-refractivity contribution is 0.0203. The van der Waals surface area contributed by atoms with Gasteiger partial charge in [0.2, 0.25) is 0 Å². The molecule has 0 bridgehead atoms. The van der Waals surface area contributed by atoms with Crippen molar-refractivity contribution in [3.05, 3.63) is 0 Å². The molecule has 2 aliphatic heterocycles. The number of hydrogen-bond donors (Lipinski definition) is 1. The van der Waals surface area contributed by atoms with Crippen molar-refractivity contribution in [3.63, 3.8) is 0 Å². The van der Waals surface area contributed by atoms with Crippen LogP contribution in [0, 0.1) is 11.8 Å². The minimum Gasteiger partial charge on any atom is -0.381 e. The van der Waals surface area contributed by atoms with Crippen molar-refractivity contribution in [2.45, 2.75) is 33.1 Å². The fraction of sp³-hybridized carbons (Fsp3) is 0.947. The minimum absolute atomic E-state index is 0. The number of aliphatic imine (C=N–C) groups is 1. The van der Waals surface area contributed by atoms with Crippen molar-refractivity contribution in [1.29, 1.82) is 0 Å². The molecule has 2 heterocycles. The molecule has 0 aromatic carbocycles. The molecule has 154 valence electrons. The molecule has 26 heavy (non-hydrogen) atoms. The van der Waals surface area contributed by atoms with E-state index in [1.165, 1.54) is 6.54 Å². The maximum absolute atomic E-state index is 5.83. The number of nitrogens with one attached hydrogen (secondary N) is 1. The highest BCUT2D eigenvalue weighted by atomic mass is 127. The quantitative estimate of drug-likeness (QED) is 0.249. The number of ether oxygens (including phenoxy) is 2. The Morgan fingerprint density at radius 2 is 1.88 bits per heavy atom. The van der Waals surface area contributed by atoms with Crippen molar-refractivity contribution >= 4 is 29.9 Å². The van der Waals surface area contributed by atoms with Crippen LogP contribution < -0.4 is 5.32 Å². The standard InChI is InChI=1S/C19H38N4O2.HI/c1-17(2)15-22-8-10-23(11-9-22)19(20-3)21-7-4-12-25-16-18-5-13-24-14-6-18;/h17-18H,4-16H2,1-3H3,(H,20,21);1H. The van der Waals surface area contributed by atoms with E-state index >= 15 is 0 Å². The Morgan fingerprint density at radius 3 is 2.50 bits per heavy atom. The van der Waals surface area contributed by atoms with E-state index in [0.29, 0.717) is 5.92 Å². The van der Waals surface area contributed by atoms with Gasteiger partial charge in [-0.3, -0.25) is 9.89 Å². The molecular formula is C19H39IN4O2. The number of guanidine groups is 1. The van der Waals surface area contributed by atoms with Gasteiger partial charge in [0.25, 0.3) is 0 Å². The normalized spacial score (nSPS) is 20.3. The van der Waals surface area contributed by atoms with E-state index in [-0.39, 0.29) is 24.0 Å². The molecule has 2 aliphatic rings. The summed E-state index contributed by atoms with van der Waals surface area (Å²) in [5.41, 5.74) is 0. The van der Waals surface area contributed by atoms with Gasteiger partial charge < -0.3 is 19.7 Å². The summed E-state index contributed by atoms with van der Waals surface area (Å²) in [6.07, 6.45) is 3.32. The van der Waals surface area contributed by atoms with Crippen LogP contribution in [0.5, 0.6) is 0 Å². The average Bonchev–Trinajstić information content (AvgIpc) is 2.62. The van der Waals surface area contributed by atoms with E-state index in [9.17, 15) is 0 Å². The summed E-state index contributed by atoms with van der Waals surface area (Å²) >= 11 is 0. The smallest absolute Gasteiger partial charge is 0.193 e. The number of halogens is 1. The molecule has 0 aliphatic carbocycles. The molecule has 0 amide bonds. The summed E-state index contributed by atoms with van der Waals surface area (Å²) in [5.74, 6) is 2.47. The number of piperazine rings is 1. The van der Waals surface area contributed by atoms with Gasteiger partial charge in [-0.2, -0.15) is 0 Å². The van der Waals surface area contributed by atoms with E-state index in [4.69, 9.17) is 9.47 Å². The van der Waals surface area contributed by atoms with Crippen LogP contribution in [0.15, 0.2) is 4.99 Å². The first-order chi connectivity index (χ1) is 12.2. The van der Waals surface area contributed by atoms with Crippen LogP contribution in [-0.2, 0) is 9.47 Å². The molecule has 0 spiro atoms. The third-order valence-corrected chi connectivity index (χ3v) is 4.95. The zero-order valence-corrected chi connectivity index (χ0v) is 19.2. The van der Waals surface area contributed by atoms with Gasteiger partial charge in [0.05, 0.1) is 0 Å². The monoisotopic (exact) mass is 482 g/mol. The Hall–Kier alpha value is -0.120. The highest BCUT2D eigenvalue weighted by Gasteiger charge is 2.19. The SMILES string of the molecule is CN=C(NCCCOCC1CCOCC1)N1CCN(CC(C)C)CC1.I. The first-order valence-electron chi connectivity index (χ1n) is 10.0. The van der Waals surface area contributed by atoms with Crippen LogP contribution in [0.4, 0.5) is 0 Å². The highest BCUT2D eigenvalue weighted by molar-refractivity contribution is 14.0. The predicted molar refractivity (Wildman–Crippen MR) is 119 cm³/mol. The number of rotatable bonds is 8. The summed E-state index contributed by atoms with van der Waals surface area (Å²) in [6.45, 7) is 14.6. The fourth-order valence-corrected chi connectivity index (χ4v) is 3.53. The van der Waals surface area contributed by atoms with Crippen LogP contribution in [0.25, 0.3) is 0 Å². The van der Waals surface area contributed by atoms with Gasteiger partial charge in [0, 0.05) is 72.7 Å². The topological polar surface area (TPSA) is 49.3 Å². The predicted octanol–water partition coefficient (Wildman–Crippen LogP) is 2.29. The van der Waals surface area contributed by atoms with Gasteiger partial charge >= 0.3 is 0 Å². The maximum Gasteiger partial charge on any atom is 0.193 e. The van der Waals surface area contributed by atoms with Gasteiger partial charge in [-0.15, -0.1) is 24.0 Å². The second-order valence-electron chi connectivity index (χ2n) is 7.64. The van der Waals surface area contributed by atoms with Gasteiger partial charge in [-0.25, -0.2) is 0 Å². The number of nitrogens with zero attached hydrogens (tertiary/aromatic N) is 3. The molecule has 6 nitrogen and oxygen atoms in total. The first kappa shape index (κ1) is 23.9. The van der Waals surface area contributed by atoms with Gasteiger partial charge in [0.15, 0.2) is 5.96 Å². The van der Waals surface area contributed by atoms with Crippen molar-refractivity contribution in [3.8, 4) is 0 Å². The molecule has 2 rings (SSSR count). The van der Waals surface area contributed by atoms with Gasteiger partial charge in [-0.05, 0) is 31.1 Å². The van der Waals surface area contributed by atoms with Crippen molar-refractivity contribution < 1.29 is 9.47 Å². The Balaban J connectivity index is 0.00000338. The Labute approximate surface area is 177 Å². The van der Waals surface area contributed by atoms with E-state index in [2.05, 4.69) is 34.0 Å². The largest absolute Gasteiger partial charge is 0.381 e. The molecule has 0 aromatic heterocycles. The molecule has 0 saturated carbocycles. The Kier molecular flexibility index (Phi) is 12.8. The molecule has 0 unspecified atom stereocenters. The lowest BCUT2D eigenvalue weighted by Crippen LogP contribution is -2.53. The Morgan fingerprint density at radius 1 is 1.19 bits per heavy atom.